The number of amides is 1. The van der Waals surface area contributed by atoms with Crippen molar-refractivity contribution in [2.45, 2.75) is 6.92 Å². The van der Waals surface area contributed by atoms with Gasteiger partial charge in [0.2, 0.25) is 0 Å². The van der Waals surface area contributed by atoms with Crippen molar-refractivity contribution in [3.8, 4) is 22.0 Å². The van der Waals surface area contributed by atoms with E-state index in [-0.39, 0.29) is 5.91 Å². The number of carbonyl (C=O) groups excluding carboxylic acids is 1. The van der Waals surface area contributed by atoms with Gasteiger partial charge in [-0.3, -0.25) is 9.78 Å². The highest BCUT2D eigenvalue weighted by Crippen LogP contribution is 2.29. The summed E-state index contributed by atoms with van der Waals surface area (Å²) in [4.78, 5) is 21.5. The number of aryl methyl sites for hydroxylation is 1. The van der Waals surface area contributed by atoms with E-state index in [0.29, 0.717) is 5.56 Å². The van der Waals surface area contributed by atoms with E-state index in [9.17, 15) is 4.79 Å². The zero-order valence-corrected chi connectivity index (χ0v) is 15.5. The van der Waals surface area contributed by atoms with Crippen LogP contribution in [-0.4, -0.2) is 15.9 Å². The molecule has 0 radical (unpaired) electrons. The Kier molecular flexibility index (Phi) is 4.77. The molecular weight excluding hydrogens is 354 g/mol. The summed E-state index contributed by atoms with van der Waals surface area (Å²) in [6, 6.07) is 21.0. The molecule has 0 atom stereocenters. The summed E-state index contributed by atoms with van der Waals surface area (Å²) in [5.74, 6) is -0.125. The second-order valence-corrected chi connectivity index (χ2v) is 7.01. The second-order valence-electron chi connectivity index (χ2n) is 6.15. The number of nitrogens with zero attached hydrogens (tertiary/aromatic N) is 2. The fourth-order valence-electron chi connectivity index (χ4n) is 2.68. The van der Waals surface area contributed by atoms with Crippen molar-refractivity contribution in [2.24, 2.45) is 0 Å². The highest BCUT2D eigenvalue weighted by atomic mass is 32.1. The number of pyridine rings is 1. The van der Waals surface area contributed by atoms with Gasteiger partial charge >= 0.3 is 0 Å². The Morgan fingerprint density at radius 3 is 2.59 bits per heavy atom. The van der Waals surface area contributed by atoms with Gasteiger partial charge in [0.25, 0.3) is 5.91 Å². The topological polar surface area (TPSA) is 54.9 Å². The van der Waals surface area contributed by atoms with Crippen LogP contribution in [-0.2, 0) is 0 Å². The molecule has 0 aliphatic rings. The Bertz CT molecular complexity index is 1070. The van der Waals surface area contributed by atoms with E-state index in [2.05, 4.69) is 15.3 Å². The van der Waals surface area contributed by atoms with Gasteiger partial charge in [0.15, 0.2) is 0 Å². The molecule has 0 fully saturated rings. The van der Waals surface area contributed by atoms with Crippen molar-refractivity contribution in [3.05, 3.63) is 89.4 Å². The molecule has 0 spiro atoms. The third kappa shape index (κ3) is 3.93. The molecule has 0 bridgehead atoms. The summed E-state index contributed by atoms with van der Waals surface area (Å²) in [5.41, 5.74) is 5.18. The minimum atomic E-state index is -0.125. The third-order valence-electron chi connectivity index (χ3n) is 4.12. The number of hydrogen-bond donors (Lipinski definition) is 1. The van der Waals surface area contributed by atoms with Crippen LogP contribution in [0.1, 0.15) is 15.9 Å². The summed E-state index contributed by atoms with van der Waals surface area (Å²) < 4.78 is 0. The summed E-state index contributed by atoms with van der Waals surface area (Å²) >= 11 is 1.55. The van der Waals surface area contributed by atoms with Gasteiger partial charge in [-0.25, -0.2) is 4.98 Å². The Balaban J connectivity index is 1.55. The molecule has 4 aromatic rings. The first kappa shape index (κ1) is 17.1. The van der Waals surface area contributed by atoms with Crippen molar-refractivity contribution in [2.75, 3.05) is 5.32 Å². The monoisotopic (exact) mass is 371 g/mol. The Labute approximate surface area is 161 Å². The van der Waals surface area contributed by atoms with Crippen LogP contribution in [0.4, 0.5) is 5.69 Å². The average molecular weight is 371 g/mol. The fourth-order valence-corrected chi connectivity index (χ4v) is 3.48. The number of rotatable bonds is 4. The Morgan fingerprint density at radius 2 is 1.81 bits per heavy atom. The molecule has 0 aliphatic carbocycles. The van der Waals surface area contributed by atoms with E-state index in [0.717, 1.165) is 33.2 Å². The minimum Gasteiger partial charge on any atom is -0.322 e. The highest BCUT2D eigenvalue weighted by molar-refractivity contribution is 7.13. The molecule has 1 N–H and O–H groups in total. The lowest BCUT2D eigenvalue weighted by Gasteiger charge is -2.07. The van der Waals surface area contributed by atoms with Crippen LogP contribution in [0, 0.1) is 6.92 Å². The predicted molar refractivity (Wildman–Crippen MR) is 110 cm³/mol. The average Bonchev–Trinajstić information content (AvgIpc) is 3.20. The minimum absolute atomic E-state index is 0.125. The number of thiazole rings is 1. The number of hydrogen-bond acceptors (Lipinski definition) is 4. The van der Waals surface area contributed by atoms with Crippen LogP contribution >= 0.6 is 11.3 Å². The molecule has 0 unspecified atom stereocenters. The van der Waals surface area contributed by atoms with E-state index in [1.165, 1.54) is 0 Å². The first-order valence-electron chi connectivity index (χ1n) is 8.54. The molecule has 0 saturated carbocycles. The van der Waals surface area contributed by atoms with Crippen LogP contribution in [0.2, 0.25) is 0 Å². The maximum absolute atomic E-state index is 12.4. The molecule has 27 heavy (non-hydrogen) atoms. The Hall–Kier alpha value is -3.31. The fraction of sp³-hybridized carbons (Fsp3) is 0.0455. The molecule has 1 amide bonds. The quantitative estimate of drug-likeness (QED) is 0.520. The molecule has 0 saturated heterocycles. The summed E-state index contributed by atoms with van der Waals surface area (Å²) in [6.07, 6.45) is 1.76. The van der Waals surface area contributed by atoms with Crippen molar-refractivity contribution in [1.29, 1.82) is 0 Å². The van der Waals surface area contributed by atoms with E-state index in [1.807, 2.05) is 79.0 Å². The van der Waals surface area contributed by atoms with Gasteiger partial charge in [0.05, 0.1) is 11.4 Å². The van der Waals surface area contributed by atoms with E-state index >= 15 is 0 Å². The lowest BCUT2D eigenvalue weighted by molar-refractivity contribution is 0.102. The molecule has 2 aromatic heterocycles. The molecule has 132 valence electrons. The molecule has 2 heterocycles. The lowest BCUT2D eigenvalue weighted by Crippen LogP contribution is -2.11. The number of carbonyl (C=O) groups is 1. The van der Waals surface area contributed by atoms with Gasteiger partial charge < -0.3 is 5.32 Å². The van der Waals surface area contributed by atoms with Crippen molar-refractivity contribution >= 4 is 22.9 Å². The van der Waals surface area contributed by atoms with Gasteiger partial charge in [-0.1, -0.05) is 35.9 Å². The Morgan fingerprint density at radius 1 is 0.963 bits per heavy atom. The maximum atomic E-state index is 12.4. The zero-order valence-electron chi connectivity index (χ0n) is 14.7. The largest absolute Gasteiger partial charge is 0.322 e. The number of nitrogens with one attached hydrogen (secondary N) is 1. The molecule has 2 aromatic carbocycles. The lowest BCUT2D eigenvalue weighted by atomic mass is 10.1. The predicted octanol–water partition coefficient (Wildman–Crippen LogP) is 5.43. The molecule has 5 heteroatoms. The maximum Gasteiger partial charge on any atom is 0.255 e. The van der Waals surface area contributed by atoms with Gasteiger partial charge in [-0.05, 0) is 43.3 Å². The van der Waals surface area contributed by atoms with Crippen LogP contribution in [0.15, 0.2) is 78.3 Å². The molecule has 4 nitrogen and oxygen atoms in total. The smallest absolute Gasteiger partial charge is 0.255 e. The van der Waals surface area contributed by atoms with E-state index in [4.69, 9.17) is 0 Å². The van der Waals surface area contributed by atoms with Crippen LogP contribution in [0.5, 0.6) is 0 Å². The van der Waals surface area contributed by atoms with Crippen LogP contribution in [0.25, 0.3) is 22.0 Å². The summed E-state index contributed by atoms with van der Waals surface area (Å²) in [7, 11) is 0. The zero-order chi connectivity index (χ0) is 18.6. The molecule has 4 rings (SSSR count). The van der Waals surface area contributed by atoms with Crippen molar-refractivity contribution < 1.29 is 4.79 Å². The molecular formula is C22H17N3OS. The second kappa shape index (κ2) is 7.51. The van der Waals surface area contributed by atoms with E-state index in [1.54, 1.807) is 17.5 Å². The first-order valence-corrected chi connectivity index (χ1v) is 9.42. The van der Waals surface area contributed by atoms with Crippen LogP contribution < -0.4 is 5.32 Å². The normalized spacial score (nSPS) is 10.6. The highest BCUT2D eigenvalue weighted by Gasteiger charge is 2.10. The van der Waals surface area contributed by atoms with Gasteiger partial charge in [0, 0.05) is 28.4 Å². The summed E-state index contributed by atoms with van der Waals surface area (Å²) in [5, 5.41) is 5.83. The van der Waals surface area contributed by atoms with Crippen LogP contribution in [0.3, 0.4) is 0 Å². The van der Waals surface area contributed by atoms with Gasteiger partial charge in [0.1, 0.15) is 5.01 Å². The first-order chi connectivity index (χ1) is 13.2. The standard InChI is InChI=1S/C22H17N3OS/c1-15-8-10-16(11-9-15)21(26)24-18-6-4-5-17(13-18)20-14-27-22(25-20)19-7-2-3-12-23-19/h2-14H,1H3,(H,24,26). The van der Waals surface area contributed by atoms with Gasteiger partial charge in [-0.2, -0.15) is 0 Å². The SMILES string of the molecule is Cc1ccc(C(=O)Nc2cccc(-c3csc(-c4ccccn4)n3)c2)cc1. The third-order valence-corrected chi connectivity index (χ3v) is 4.98. The molecule has 0 aliphatic heterocycles. The number of aromatic nitrogens is 2. The number of anilines is 1. The van der Waals surface area contributed by atoms with Crippen molar-refractivity contribution in [1.82, 2.24) is 9.97 Å². The van der Waals surface area contributed by atoms with E-state index < -0.39 is 0 Å². The van der Waals surface area contributed by atoms with Gasteiger partial charge in [-0.15, -0.1) is 11.3 Å². The summed E-state index contributed by atoms with van der Waals surface area (Å²) in [6.45, 7) is 2.00. The van der Waals surface area contributed by atoms with Crippen molar-refractivity contribution in [3.63, 3.8) is 0 Å². The number of benzene rings is 2.